The third kappa shape index (κ3) is 122. The van der Waals surface area contributed by atoms with Crippen LogP contribution in [0.5, 0.6) is 0 Å². The zero-order valence-electron chi connectivity index (χ0n) is 21.3. The summed E-state index contributed by atoms with van der Waals surface area (Å²) in [5.41, 5.74) is 21.1. The molecule has 0 saturated heterocycles. The molecular weight excluding hydrogens is 1160 g/mol. The number of H-pyrrole nitrogens is 1. The molecule has 0 aliphatic heterocycles. The second-order valence-electron chi connectivity index (χ2n) is 5.21. The number of nitrogens with two attached hydrogens (primary N) is 4. The minimum atomic E-state index is -0.0532. The van der Waals surface area contributed by atoms with Crippen molar-refractivity contribution in [1.29, 1.82) is 0 Å². The van der Waals surface area contributed by atoms with Crippen LogP contribution in [0.25, 0.3) is 0 Å². The Kier molecular flexibility index (Phi) is 307. The van der Waals surface area contributed by atoms with Gasteiger partial charge in [0.2, 0.25) is 5.56 Å². The fourth-order valence-corrected chi connectivity index (χ4v) is 1.66. The van der Waals surface area contributed by atoms with E-state index in [1.165, 1.54) is 31.7 Å². The quantitative estimate of drug-likeness (QED) is 0.0988. The van der Waals surface area contributed by atoms with Crippen LogP contribution in [0.1, 0.15) is 51.4 Å². The Hall–Kier alpha value is 2.39. The number of pyridine rings is 1. The molecule has 11 nitrogen and oxygen atoms in total. The predicted molar refractivity (Wildman–Crippen MR) is 125 cm³/mol. The molecule has 24 N–H and O–H groups in total. The summed E-state index contributed by atoms with van der Waals surface area (Å²) < 4.78 is 0. The fraction of sp³-hybridized carbons (Fsp3) is 0.706. The number of hydrogen-bond donors (Lipinski definition) is 10. The SMILES string of the molecule is N.N.N.N.N.NCCCCCCN.NCCCCCCN.O=c1cccc[nH]1.[Cl-].[Cl-].[Cl-].[Cl-].[Cl-].[Cl-].[Pt+2].[Pt+2].[Pt+2]. The first-order valence-corrected chi connectivity index (χ1v) is 8.66. The molecule has 1 heterocycles. The molecule has 0 fully saturated rings. The summed E-state index contributed by atoms with van der Waals surface area (Å²) in [7, 11) is 0. The summed E-state index contributed by atoms with van der Waals surface area (Å²) in [4.78, 5) is 12.7. The minimum absolute atomic E-state index is 0. The Morgan fingerprint density at radius 1 is 0.486 bits per heavy atom. The third-order valence-electron chi connectivity index (χ3n) is 3.00. The molecule has 0 unspecified atom stereocenters. The second-order valence-corrected chi connectivity index (χ2v) is 5.21. The first-order chi connectivity index (χ1) is 11.2. The number of rotatable bonds is 10. The van der Waals surface area contributed by atoms with Crippen molar-refractivity contribution in [2.45, 2.75) is 51.4 Å². The van der Waals surface area contributed by atoms with E-state index in [0.29, 0.717) is 0 Å². The van der Waals surface area contributed by atoms with Crippen LogP contribution < -0.4 is 134 Å². The van der Waals surface area contributed by atoms with Crippen LogP contribution in [0.4, 0.5) is 0 Å². The van der Waals surface area contributed by atoms with Gasteiger partial charge in [-0.15, -0.1) is 0 Å². The molecule has 0 spiro atoms. The van der Waals surface area contributed by atoms with Crippen molar-refractivity contribution in [3.8, 4) is 0 Å². The maximum Gasteiger partial charge on any atom is 2.00 e. The molecule has 0 amide bonds. The second kappa shape index (κ2) is 107. The zero-order valence-corrected chi connectivity index (χ0v) is 32.6. The van der Waals surface area contributed by atoms with Crippen LogP contribution in [-0.4, -0.2) is 31.2 Å². The summed E-state index contributed by atoms with van der Waals surface area (Å²) >= 11 is 0. The molecule has 20 heteroatoms. The van der Waals surface area contributed by atoms with Crippen molar-refractivity contribution < 1.29 is 138 Å². The Bertz CT molecular complexity index is 362. The molecule has 0 saturated carbocycles. The van der Waals surface area contributed by atoms with E-state index in [1.54, 1.807) is 18.3 Å². The Morgan fingerprint density at radius 3 is 0.838 bits per heavy atom. The fourth-order valence-electron chi connectivity index (χ4n) is 1.66. The number of unbranched alkanes of at least 4 members (excludes halogenated alkanes) is 6. The average molecular weight is 1210 g/mol. The number of nitrogens with one attached hydrogen (secondary N) is 1. The van der Waals surface area contributed by atoms with E-state index in [1.807, 2.05) is 0 Å². The Morgan fingerprint density at radius 2 is 0.730 bits per heavy atom. The Labute approximate surface area is 305 Å². The van der Waals surface area contributed by atoms with E-state index in [4.69, 9.17) is 22.9 Å². The summed E-state index contributed by atoms with van der Waals surface area (Å²) in [6.45, 7) is 3.30. The maximum absolute atomic E-state index is 10.2. The molecule has 1 aromatic heterocycles. The summed E-state index contributed by atoms with van der Waals surface area (Å²) in [6.07, 6.45) is 11.2. The van der Waals surface area contributed by atoms with E-state index in [-0.39, 0.29) is 174 Å². The molecule has 0 radical (unpaired) electrons. The monoisotopic (exact) mass is 1210 g/mol. The van der Waals surface area contributed by atoms with Gasteiger partial charge in [-0.1, -0.05) is 31.7 Å². The molecule has 0 bridgehead atoms. The number of aromatic nitrogens is 1. The van der Waals surface area contributed by atoms with Gasteiger partial charge >= 0.3 is 63.2 Å². The van der Waals surface area contributed by atoms with Gasteiger partial charge in [-0.25, -0.2) is 0 Å². The topological polar surface area (TPSA) is 312 Å². The van der Waals surface area contributed by atoms with Gasteiger partial charge in [0.15, 0.2) is 0 Å². The van der Waals surface area contributed by atoms with Gasteiger partial charge in [0.1, 0.15) is 0 Å². The molecule has 1 rings (SSSR count). The number of aromatic amines is 1. The Balaban J connectivity index is -0.0000000107. The number of halogens is 6. The van der Waals surface area contributed by atoms with E-state index in [2.05, 4.69) is 4.98 Å². The predicted octanol–water partition coefficient (Wildman–Crippen LogP) is -15.9. The summed E-state index contributed by atoms with van der Waals surface area (Å²) in [6, 6.07) is 4.93. The van der Waals surface area contributed by atoms with Crippen molar-refractivity contribution in [3.05, 3.63) is 34.7 Å². The molecule has 1 aromatic rings. The van der Waals surface area contributed by atoms with Crippen LogP contribution in [0.15, 0.2) is 29.2 Å². The van der Waals surface area contributed by atoms with Gasteiger partial charge in [-0.2, -0.15) is 0 Å². The third-order valence-corrected chi connectivity index (χ3v) is 3.00. The number of hydrogen-bond acceptors (Lipinski definition) is 10. The van der Waals surface area contributed by atoms with Crippen molar-refractivity contribution >= 4 is 0 Å². The van der Waals surface area contributed by atoms with Crippen LogP contribution in [0, 0.1) is 0 Å². The molecule has 0 aromatic carbocycles. The van der Waals surface area contributed by atoms with Gasteiger partial charge < -0.3 is 133 Å². The van der Waals surface area contributed by atoms with E-state index in [9.17, 15) is 4.79 Å². The first kappa shape index (κ1) is 106. The van der Waals surface area contributed by atoms with Crippen LogP contribution in [0.2, 0.25) is 0 Å². The average Bonchev–Trinajstić information content (AvgIpc) is 2.58. The molecule has 0 atom stereocenters. The molecule has 37 heavy (non-hydrogen) atoms. The smallest absolute Gasteiger partial charge is 1.00 e. The standard InChI is InChI=1S/2C6H16N2.C5H5NO.6ClH.5H3N.3Pt/c2*7-5-3-1-2-4-6-8;7-5-3-1-2-4-6-5;;;;;;;;;;;;;;/h2*1-8H2;1-4H,(H,6,7);6*1H;5*1H3;;;/q;;;;;;;;;;;;;;3*+2/p-6. The summed E-state index contributed by atoms with van der Waals surface area (Å²) in [5.74, 6) is 0. The molecule has 248 valence electrons. The molecule has 0 aliphatic rings. The first-order valence-electron chi connectivity index (χ1n) is 8.66. The van der Waals surface area contributed by atoms with Gasteiger partial charge in [0.25, 0.3) is 0 Å². The van der Waals surface area contributed by atoms with Gasteiger partial charge in [-0.3, -0.25) is 4.79 Å². The van der Waals surface area contributed by atoms with Crippen molar-refractivity contribution in [2.75, 3.05) is 26.2 Å². The molecular formula is C17H52Cl6N10OPt3. The minimum Gasteiger partial charge on any atom is -1.00 e. The van der Waals surface area contributed by atoms with Crippen LogP contribution in [-0.2, 0) is 63.2 Å². The summed E-state index contributed by atoms with van der Waals surface area (Å²) in [5, 5.41) is 0. The van der Waals surface area contributed by atoms with E-state index < -0.39 is 0 Å². The molecule has 0 aliphatic carbocycles. The van der Waals surface area contributed by atoms with Gasteiger partial charge in [0.05, 0.1) is 0 Å². The van der Waals surface area contributed by atoms with Gasteiger partial charge in [0, 0.05) is 12.3 Å². The normalized spacial score (nSPS) is 5.84. The zero-order chi connectivity index (χ0) is 17.6. The van der Waals surface area contributed by atoms with Gasteiger partial charge in [-0.05, 0) is 57.9 Å². The largest absolute Gasteiger partial charge is 2.00 e. The maximum atomic E-state index is 10.2. The van der Waals surface area contributed by atoms with Crippen molar-refractivity contribution in [2.24, 2.45) is 22.9 Å². The van der Waals surface area contributed by atoms with Crippen molar-refractivity contribution in [3.63, 3.8) is 0 Å². The van der Waals surface area contributed by atoms with Crippen LogP contribution >= 0.6 is 0 Å². The van der Waals surface area contributed by atoms with E-state index >= 15 is 0 Å². The van der Waals surface area contributed by atoms with Crippen molar-refractivity contribution in [1.82, 2.24) is 35.7 Å². The van der Waals surface area contributed by atoms with E-state index in [0.717, 1.165) is 51.9 Å². The van der Waals surface area contributed by atoms with Crippen LogP contribution in [0.3, 0.4) is 0 Å².